The molecule has 160 valence electrons. The lowest BCUT2D eigenvalue weighted by Gasteiger charge is -2.46. The van der Waals surface area contributed by atoms with E-state index in [-0.39, 0.29) is 17.5 Å². The molecule has 1 aromatic carbocycles. The van der Waals surface area contributed by atoms with Crippen LogP contribution in [0.4, 0.5) is 0 Å². The average molecular weight is 421 g/mol. The summed E-state index contributed by atoms with van der Waals surface area (Å²) in [4.78, 5) is 49.6. The van der Waals surface area contributed by atoms with Crippen LogP contribution in [-0.4, -0.2) is 62.7 Å². The highest BCUT2D eigenvalue weighted by atomic mass is 16.4. The lowest BCUT2D eigenvalue weighted by molar-refractivity contribution is 0.0184. The van der Waals surface area contributed by atoms with Gasteiger partial charge in [-0.15, -0.1) is 0 Å². The van der Waals surface area contributed by atoms with Crippen LogP contribution in [0.5, 0.6) is 0 Å². The number of piperidine rings is 1. The zero-order valence-corrected chi connectivity index (χ0v) is 16.9. The van der Waals surface area contributed by atoms with Gasteiger partial charge >= 0.3 is 5.76 Å². The molecule has 0 radical (unpaired) electrons. The molecule has 1 unspecified atom stereocenters. The van der Waals surface area contributed by atoms with Gasteiger partial charge < -0.3 is 19.2 Å². The summed E-state index contributed by atoms with van der Waals surface area (Å²) >= 11 is 0. The monoisotopic (exact) mass is 421 g/mol. The third-order valence-corrected chi connectivity index (χ3v) is 6.30. The molecule has 31 heavy (non-hydrogen) atoms. The molecule has 0 saturated carbocycles. The van der Waals surface area contributed by atoms with E-state index in [2.05, 4.69) is 19.4 Å². The van der Waals surface area contributed by atoms with Crippen LogP contribution < -0.4 is 5.76 Å². The number of hydrogen-bond acceptors (Lipinski definition) is 5. The number of carbonyl (C=O) groups is 2. The third kappa shape index (κ3) is 3.78. The van der Waals surface area contributed by atoms with Crippen molar-refractivity contribution in [2.45, 2.75) is 12.8 Å². The minimum Gasteiger partial charge on any atom is -0.416 e. The van der Waals surface area contributed by atoms with E-state index in [4.69, 9.17) is 0 Å². The SMILES string of the molecule is O=C(c1ccc(-c2cnc[nH]2)cc1)N1CCCC(C2CN(C(=O)c3coc(=O)[nH]3)C2)C1. The molecule has 1 atom stereocenters. The van der Waals surface area contributed by atoms with Crippen molar-refractivity contribution in [2.24, 2.45) is 11.8 Å². The summed E-state index contributed by atoms with van der Waals surface area (Å²) in [5.74, 6) is -0.0675. The predicted octanol–water partition coefficient (Wildman–Crippen LogP) is 1.98. The van der Waals surface area contributed by atoms with E-state index < -0.39 is 5.76 Å². The summed E-state index contributed by atoms with van der Waals surface area (Å²) in [6.07, 6.45) is 6.56. The van der Waals surface area contributed by atoms with Gasteiger partial charge in [-0.2, -0.15) is 0 Å². The Morgan fingerprint density at radius 3 is 2.48 bits per heavy atom. The topological polar surface area (TPSA) is 115 Å². The van der Waals surface area contributed by atoms with Crippen molar-refractivity contribution in [1.29, 1.82) is 0 Å². The molecule has 4 heterocycles. The van der Waals surface area contributed by atoms with Crippen molar-refractivity contribution in [3.05, 3.63) is 64.9 Å². The first-order valence-corrected chi connectivity index (χ1v) is 10.4. The van der Waals surface area contributed by atoms with Crippen molar-refractivity contribution in [3.8, 4) is 11.3 Å². The second-order valence-electron chi connectivity index (χ2n) is 8.23. The number of H-pyrrole nitrogens is 2. The first-order chi connectivity index (χ1) is 15.1. The molecule has 2 N–H and O–H groups in total. The normalized spacial score (nSPS) is 19.3. The van der Waals surface area contributed by atoms with Crippen LogP contribution in [-0.2, 0) is 0 Å². The Bertz CT molecular complexity index is 1130. The highest BCUT2D eigenvalue weighted by Gasteiger charge is 2.39. The molecule has 9 heteroatoms. The van der Waals surface area contributed by atoms with Crippen LogP contribution in [0.15, 0.2) is 52.3 Å². The number of hydrogen-bond donors (Lipinski definition) is 2. The maximum absolute atomic E-state index is 13.0. The molecular formula is C22H23N5O4. The number of aromatic nitrogens is 3. The summed E-state index contributed by atoms with van der Waals surface area (Å²) in [5.41, 5.74) is 2.77. The summed E-state index contributed by atoms with van der Waals surface area (Å²) in [6.45, 7) is 2.73. The lowest BCUT2D eigenvalue weighted by Crippen LogP contribution is -2.56. The lowest BCUT2D eigenvalue weighted by atomic mass is 9.80. The summed E-state index contributed by atoms with van der Waals surface area (Å²) in [5, 5.41) is 0. The van der Waals surface area contributed by atoms with Gasteiger partial charge in [-0.1, -0.05) is 12.1 Å². The Morgan fingerprint density at radius 1 is 1.03 bits per heavy atom. The Labute approximate surface area is 178 Å². The van der Waals surface area contributed by atoms with Gasteiger partial charge in [-0.25, -0.2) is 9.78 Å². The Hall–Kier alpha value is -3.62. The fourth-order valence-electron chi connectivity index (χ4n) is 4.50. The van der Waals surface area contributed by atoms with Crippen LogP contribution in [0.2, 0.25) is 0 Å². The van der Waals surface area contributed by atoms with Crippen LogP contribution in [0, 0.1) is 11.8 Å². The molecule has 2 aliphatic heterocycles. The van der Waals surface area contributed by atoms with E-state index in [0.29, 0.717) is 37.0 Å². The highest BCUT2D eigenvalue weighted by Crippen LogP contribution is 2.32. The molecule has 3 aromatic rings. The van der Waals surface area contributed by atoms with Crippen LogP contribution in [0.25, 0.3) is 11.3 Å². The van der Waals surface area contributed by atoms with Gasteiger partial charge in [0.2, 0.25) is 0 Å². The van der Waals surface area contributed by atoms with Gasteiger partial charge in [-0.05, 0) is 42.4 Å². The summed E-state index contributed by atoms with van der Waals surface area (Å²) < 4.78 is 4.65. The molecule has 0 aliphatic carbocycles. The van der Waals surface area contributed by atoms with Gasteiger partial charge in [0.05, 0.1) is 18.2 Å². The summed E-state index contributed by atoms with van der Waals surface area (Å²) in [7, 11) is 0. The first-order valence-electron chi connectivity index (χ1n) is 10.4. The fraction of sp³-hybridized carbons (Fsp3) is 0.364. The standard InChI is InChI=1S/C22H23N5O4/c28-20(15-5-3-14(4-6-15)18-8-23-13-24-18)26-7-1-2-16(9-26)17-10-27(11-17)21(29)19-12-31-22(30)25-19/h3-6,8,12-13,16-17H,1-2,7,9-11H2,(H,23,24)(H,25,30). The fourth-order valence-corrected chi connectivity index (χ4v) is 4.50. The molecule has 2 aromatic heterocycles. The highest BCUT2D eigenvalue weighted by molar-refractivity contribution is 5.95. The zero-order chi connectivity index (χ0) is 21.4. The van der Waals surface area contributed by atoms with Gasteiger partial charge in [-0.3, -0.25) is 14.6 Å². The van der Waals surface area contributed by atoms with E-state index in [1.54, 1.807) is 17.4 Å². The van der Waals surface area contributed by atoms with E-state index >= 15 is 0 Å². The Balaban J connectivity index is 1.18. The smallest absolute Gasteiger partial charge is 0.416 e. The van der Waals surface area contributed by atoms with Crippen molar-refractivity contribution in [2.75, 3.05) is 26.2 Å². The molecule has 2 fully saturated rings. The second-order valence-corrected chi connectivity index (χ2v) is 8.23. The number of oxazole rings is 1. The number of likely N-dealkylation sites (tertiary alicyclic amines) is 2. The van der Waals surface area contributed by atoms with Gasteiger partial charge in [0, 0.05) is 31.7 Å². The van der Waals surface area contributed by atoms with Crippen LogP contribution in [0.3, 0.4) is 0 Å². The van der Waals surface area contributed by atoms with E-state index in [9.17, 15) is 14.4 Å². The third-order valence-electron chi connectivity index (χ3n) is 6.30. The van der Waals surface area contributed by atoms with E-state index in [1.165, 1.54) is 0 Å². The average Bonchev–Trinajstić information content (AvgIpc) is 3.44. The maximum atomic E-state index is 13.0. The maximum Gasteiger partial charge on any atom is 0.416 e. The largest absolute Gasteiger partial charge is 0.416 e. The predicted molar refractivity (Wildman–Crippen MR) is 111 cm³/mol. The number of imidazole rings is 1. The van der Waals surface area contributed by atoms with E-state index in [1.807, 2.05) is 29.2 Å². The van der Waals surface area contributed by atoms with E-state index in [0.717, 1.165) is 36.9 Å². The second kappa shape index (κ2) is 7.90. The molecule has 2 aliphatic rings. The van der Waals surface area contributed by atoms with Crippen molar-refractivity contribution < 1.29 is 14.0 Å². The first kappa shape index (κ1) is 19.3. The summed E-state index contributed by atoms with van der Waals surface area (Å²) in [6, 6.07) is 7.57. The van der Waals surface area contributed by atoms with Crippen molar-refractivity contribution in [1.82, 2.24) is 24.8 Å². The molecule has 0 spiro atoms. The molecule has 9 nitrogen and oxygen atoms in total. The Morgan fingerprint density at radius 2 is 1.81 bits per heavy atom. The molecule has 2 saturated heterocycles. The minimum absolute atomic E-state index is 0.0455. The zero-order valence-electron chi connectivity index (χ0n) is 16.9. The van der Waals surface area contributed by atoms with Gasteiger partial charge in [0.25, 0.3) is 11.8 Å². The van der Waals surface area contributed by atoms with Crippen molar-refractivity contribution >= 4 is 11.8 Å². The number of aromatic amines is 2. The van der Waals surface area contributed by atoms with Gasteiger partial charge in [0.15, 0.2) is 0 Å². The van der Waals surface area contributed by atoms with Crippen LogP contribution in [0.1, 0.15) is 33.7 Å². The minimum atomic E-state index is -0.626. The van der Waals surface area contributed by atoms with Gasteiger partial charge in [0.1, 0.15) is 12.0 Å². The number of nitrogens with one attached hydrogen (secondary N) is 2. The molecule has 5 rings (SSSR count). The quantitative estimate of drug-likeness (QED) is 0.668. The number of carbonyl (C=O) groups excluding carboxylic acids is 2. The molecule has 0 bridgehead atoms. The van der Waals surface area contributed by atoms with Crippen LogP contribution >= 0.6 is 0 Å². The number of rotatable bonds is 4. The Kier molecular flexibility index (Phi) is 4.93. The number of nitrogens with zero attached hydrogens (tertiary/aromatic N) is 3. The molecule has 2 amide bonds. The number of benzene rings is 1. The number of amides is 2. The van der Waals surface area contributed by atoms with Crippen molar-refractivity contribution in [3.63, 3.8) is 0 Å². The molecular weight excluding hydrogens is 398 g/mol.